The summed E-state index contributed by atoms with van der Waals surface area (Å²) in [4.78, 5) is 0. The highest BCUT2D eigenvalue weighted by atomic mass is 16.5. The summed E-state index contributed by atoms with van der Waals surface area (Å²) >= 11 is 0. The number of hydrogen-bond donors (Lipinski definition) is 1. The topological polar surface area (TPSA) is 29.5 Å². The minimum absolute atomic E-state index is 0.171. The Bertz CT molecular complexity index is 528. The second kappa shape index (κ2) is 6.18. The van der Waals surface area contributed by atoms with Crippen molar-refractivity contribution in [3.63, 3.8) is 0 Å². The molecule has 0 spiro atoms. The summed E-state index contributed by atoms with van der Waals surface area (Å²) in [5, 5.41) is 12.9. The van der Waals surface area contributed by atoms with Gasteiger partial charge in [-0.2, -0.15) is 0 Å². The molecule has 2 atom stereocenters. The summed E-state index contributed by atoms with van der Waals surface area (Å²) in [5.41, 5.74) is 0.949. The lowest BCUT2D eigenvalue weighted by Gasteiger charge is -2.27. The van der Waals surface area contributed by atoms with Crippen molar-refractivity contribution in [3.8, 4) is 0 Å². The second-order valence-corrected chi connectivity index (χ2v) is 5.18. The highest BCUT2D eigenvalue weighted by Gasteiger charge is 2.25. The SMILES string of the molecule is CCOC(C(C)C)C(O)c1cccc2ccccc12. The summed E-state index contributed by atoms with van der Waals surface area (Å²) in [6.07, 6.45) is -0.762. The van der Waals surface area contributed by atoms with Crippen molar-refractivity contribution in [1.82, 2.24) is 0 Å². The normalized spacial score (nSPS) is 14.8. The molecule has 0 aromatic heterocycles. The fraction of sp³-hybridized carbons (Fsp3) is 0.412. The standard InChI is InChI=1S/C17H22O2/c1-4-19-17(12(2)3)16(18)15-11-7-9-13-8-5-6-10-14(13)15/h5-12,16-18H,4H2,1-3H3. The number of aliphatic hydroxyl groups is 1. The third-order valence-corrected chi connectivity index (χ3v) is 3.47. The molecule has 0 aliphatic rings. The van der Waals surface area contributed by atoms with Crippen molar-refractivity contribution >= 4 is 10.8 Å². The molecule has 0 bridgehead atoms. The number of fused-ring (bicyclic) bond motifs is 1. The first-order valence-electron chi connectivity index (χ1n) is 6.92. The average Bonchev–Trinajstić information content (AvgIpc) is 2.43. The van der Waals surface area contributed by atoms with Gasteiger partial charge in [-0.15, -0.1) is 0 Å². The molecule has 102 valence electrons. The summed E-state index contributed by atoms with van der Waals surface area (Å²) in [6, 6.07) is 14.2. The highest BCUT2D eigenvalue weighted by Crippen LogP contribution is 2.30. The number of ether oxygens (including phenoxy) is 1. The van der Waals surface area contributed by atoms with Gasteiger partial charge in [0.2, 0.25) is 0 Å². The predicted octanol–water partition coefficient (Wildman–Crippen LogP) is 3.93. The zero-order chi connectivity index (χ0) is 13.8. The Hall–Kier alpha value is -1.38. The van der Waals surface area contributed by atoms with Crippen LogP contribution >= 0.6 is 0 Å². The molecule has 2 unspecified atom stereocenters. The van der Waals surface area contributed by atoms with E-state index in [2.05, 4.69) is 32.0 Å². The van der Waals surface area contributed by atoms with Crippen LogP contribution in [0.3, 0.4) is 0 Å². The molecule has 2 aromatic carbocycles. The van der Waals surface area contributed by atoms with Gasteiger partial charge in [0, 0.05) is 6.61 Å². The Morgan fingerprint density at radius 2 is 1.74 bits per heavy atom. The van der Waals surface area contributed by atoms with Crippen molar-refractivity contribution in [2.24, 2.45) is 5.92 Å². The van der Waals surface area contributed by atoms with Crippen LogP contribution < -0.4 is 0 Å². The van der Waals surface area contributed by atoms with E-state index in [1.807, 2.05) is 31.2 Å². The van der Waals surface area contributed by atoms with E-state index >= 15 is 0 Å². The van der Waals surface area contributed by atoms with Gasteiger partial charge >= 0.3 is 0 Å². The first-order valence-corrected chi connectivity index (χ1v) is 6.92. The van der Waals surface area contributed by atoms with Crippen molar-refractivity contribution in [1.29, 1.82) is 0 Å². The van der Waals surface area contributed by atoms with Gasteiger partial charge in [0.05, 0.1) is 6.10 Å². The van der Waals surface area contributed by atoms with Crippen molar-refractivity contribution in [2.45, 2.75) is 33.0 Å². The molecule has 0 fully saturated rings. The summed E-state index contributed by atoms with van der Waals surface area (Å²) in [5.74, 6) is 0.272. The second-order valence-electron chi connectivity index (χ2n) is 5.18. The molecule has 2 aromatic rings. The Kier molecular flexibility index (Phi) is 4.56. The lowest BCUT2D eigenvalue weighted by molar-refractivity contribution is -0.0579. The van der Waals surface area contributed by atoms with E-state index in [4.69, 9.17) is 4.74 Å². The molecule has 2 nitrogen and oxygen atoms in total. The minimum atomic E-state index is -0.592. The quantitative estimate of drug-likeness (QED) is 0.880. The number of aliphatic hydroxyl groups excluding tert-OH is 1. The zero-order valence-electron chi connectivity index (χ0n) is 11.8. The first kappa shape index (κ1) is 14.0. The zero-order valence-corrected chi connectivity index (χ0v) is 11.8. The molecule has 0 aliphatic carbocycles. The van der Waals surface area contributed by atoms with Gasteiger partial charge in [-0.1, -0.05) is 56.3 Å². The van der Waals surface area contributed by atoms with Crippen LogP contribution in [0.4, 0.5) is 0 Å². The predicted molar refractivity (Wildman–Crippen MR) is 79.2 cm³/mol. The van der Waals surface area contributed by atoms with Gasteiger partial charge in [-0.05, 0) is 29.2 Å². The maximum absolute atomic E-state index is 10.7. The van der Waals surface area contributed by atoms with Gasteiger partial charge in [0.1, 0.15) is 6.10 Å². The van der Waals surface area contributed by atoms with Crippen molar-refractivity contribution < 1.29 is 9.84 Å². The van der Waals surface area contributed by atoms with E-state index in [1.165, 1.54) is 0 Å². The highest BCUT2D eigenvalue weighted by molar-refractivity contribution is 5.86. The average molecular weight is 258 g/mol. The van der Waals surface area contributed by atoms with E-state index in [-0.39, 0.29) is 12.0 Å². The molecule has 0 aliphatic heterocycles. The van der Waals surface area contributed by atoms with Crippen LogP contribution in [0.25, 0.3) is 10.8 Å². The van der Waals surface area contributed by atoms with E-state index < -0.39 is 6.10 Å². The molecule has 0 saturated carbocycles. The molecule has 0 amide bonds. The van der Waals surface area contributed by atoms with E-state index in [0.717, 1.165) is 16.3 Å². The Labute approximate surface area is 115 Å². The van der Waals surface area contributed by atoms with Crippen LogP contribution in [0, 0.1) is 5.92 Å². The third kappa shape index (κ3) is 2.96. The van der Waals surface area contributed by atoms with Crippen molar-refractivity contribution in [2.75, 3.05) is 6.61 Å². The molecule has 0 saturated heterocycles. The first-order chi connectivity index (χ1) is 9.15. The van der Waals surface area contributed by atoms with E-state index in [1.54, 1.807) is 0 Å². The van der Waals surface area contributed by atoms with Crippen LogP contribution in [0.1, 0.15) is 32.4 Å². The van der Waals surface area contributed by atoms with Crippen molar-refractivity contribution in [3.05, 3.63) is 48.0 Å². The summed E-state index contributed by atoms with van der Waals surface area (Å²) in [7, 11) is 0. The van der Waals surface area contributed by atoms with E-state index in [0.29, 0.717) is 6.61 Å². The molecular weight excluding hydrogens is 236 g/mol. The maximum atomic E-state index is 10.7. The smallest absolute Gasteiger partial charge is 0.106 e. The minimum Gasteiger partial charge on any atom is -0.386 e. The molecule has 0 heterocycles. The lowest BCUT2D eigenvalue weighted by atomic mass is 9.92. The van der Waals surface area contributed by atoms with Crippen LogP contribution in [0.5, 0.6) is 0 Å². The largest absolute Gasteiger partial charge is 0.386 e. The molecule has 2 heteroatoms. The van der Waals surface area contributed by atoms with Crippen LogP contribution in [-0.2, 0) is 4.74 Å². The molecule has 2 rings (SSSR count). The molecular formula is C17H22O2. The molecule has 1 N–H and O–H groups in total. The summed E-state index contributed by atoms with van der Waals surface area (Å²) < 4.78 is 5.72. The fourth-order valence-corrected chi connectivity index (χ4v) is 2.53. The Balaban J connectivity index is 2.42. The summed E-state index contributed by atoms with van der Waals surface area (Å²) in [6.45, 7) is 6.74. The van der Waals surface area contributed by atoms with Gasteiger partial charge < -0.3 is 9.84 Å². The molecule has 19 heavy (non-hydrogen) atoms. The third-order valence-electron chi connectivity index (χ3n) is 3.47. The van der Waals surface area contributed by atoms with Crippen LogP contribution in [0.2, 0.25) is 0 Å². The Morgan fingerprint density at radius 1 is 1.05 bits per heavy atom. The number of rotatable bonds is 5. The van der Waals surface area contributed by atoms with Gasteiger partial charge in [0.25, 0.3) is 0 Å². The van der Waals surface area contributed by atoms with Gasteiger partial charge in [-0.25, -0.2) is 0 Å². The fourth-order valence-electron chi connectivity index (χ4n) is 2.53. The lowest BCUT2D eigenvalue weighted by Crippen LogP contribution is -2.28. The Morgan fingerprint density at radius 3 is 2.42 bits per heavy atom. The van der Waals surface area contributed by atoms with Crippen LogP contribution in [0.15, 0.2) is 42.5 Å². The molecule has 0 radical (unpaired) electrons. The van der Waals surface area contributed by atoms with Gasteiger partial charge in [0.15, 0.2) is 0 Å². The van der Waals surface area contributed by atoms with Crippen LogP contribution in [-0.4, -0.2) is 17.8 Å². The number of benzene rings is 2. The van der Waals surface area contributed by atoms with E-state index in [9.17, 15) is 5.11 Å². The van der Waals surface area contributed by atoms with Gasteiger partial charge in [-0.3, -0.25) is 0 Å². The number of hydrogen-bond acceptors (Lipinski definition) is 2. The maximum Gasteiger partial charge on any atom is 0.106 e. The monoisotopic (exact) mass is 258 g/mol.